The van der Waals surface area contributed by atoms with Gasteiger partial charge in [0.15, 0.2) is 0 Å². The molecule has 1 heterocycles. The molecule has 0 unspecified atom stereocenters. The molecule has 0 radical (unpaired) electrons. The molecule has 0 aliphatic heterocycles. The maximum atomic E-state index is 12.3. The van der Waals surface area contributed by atoms with E-state index in [1.807, 2.05) is 12.1 Å². The minimum absolute atomic E-state index is 0.0182. The Labute approximate surface area is 143 Å². The summed E-state index contributed by atoms with van der Waals surface area (Å²) >= 11 is 0. The van der Waals surface area contributed by atoms with Gasteiger partial charge in [0.1, 0.15) is 5.57 Å². The van der Waals surface area contributed by atoms with Crippen molar-refractivity contribution < 1.29 is 19.1 Å². The zero-order chi connectivity index (χ0) is 17.5. The number of allylic oxidation sites excluding steroid dienone is 1. The molecule has 5 heteroatoms. The molecule has 1 aromatic rings. The third-order valence-corrected chi connectivity index (χ3v) is 3.96. The van der Waals surface area contributed by atoms with E-state index in [-0.39, 0.29) is 18.8 Å². The summed E-state index contributed by atoms with van der Waals surface area (Å²) < 4.78 is 10.2. The molecule has 0 amide bonds. The minimum atomic E-state index is -0.614. The Balaban J connectivity index is 2.51. The average Bonchev–Trinajstić information content (AvgIpc) is 2.56. The number of aryl methyl sites for hydroxylation is 2. The van der Waals surface area contributed by atoms with E-state index in [1.165, 1.54) is 0 Å². The van der Waals surface area contributed by atoms with Gasteiger partial charge in [0.2, 0.25) is 0 Å². The Kier molecular flexibility index (Phi) is 6.53. The first-order valence-corrected chi connectivity index (χ1v) is 8.68. The van der Waals surface area contributed by atoms with Gasteiger partial charge in [0, 0.05) is 17.0 Å². The summed E-state index contributed by atoms with van der Waals surface area (Å²) in [7, 11) is 0. The highest BCUT2D eigenvalue weighted by atomic mass is 16.6. The molecule has 0 spiro atoms. The molecule has 0 aromatic carbocycles. The zero-order valence-corrected chi connectivity index (χ0v) is 14.7. The number of carbonyl (C=O) groups excluding carboxylic acids is 2. The predicted molar refractivity (Wildman–Crippen MR) is 91.4 cm³/mol. The number of hydrogen-bond acceptors (Lipinski definition) is 5. The van der Waals surface area contributed by atoms with E-state index in [2.05, 4.69) is 6.92 Å². The number of rotatable bonds is 6. The monoisotopic (exact) mass is 331 g/mol. The lowest BCUT2D eigenvalue weighted by Gasteiger charge is -2.21. The summed E-state index contributed by atoms with van der Waals surface area (Å²) in [5, 5.41) is 0. The molecule has 2 rings (SSSR count). The number of fused-ring (bicyclic) bond motifs is 1. The molecule has 5 nitrogen and oxygen atoms in total. The van der Waals surface area contributed by atoms with Crippen LogP contribution in [-0.4, -0.2) is 30.1 Å². The van der Waals surface area contributed by atoms with Gasteiger partial charge in [0.05, 0.1) is 13.2 Å². The third kappa shape index (κ3) is 4.02. The van der Waals surface area contributed by atoms with E-state index in [9.17, 15) is 9.59 Å². The summed E-state index contributed by atoms with van der Waals surface area (Å²) in [4.78, 5) is 29.4. The lowest BCUT2D eigenvalue weighted by Crippen LogP contribution is -2.22. The smallest absolute Gasteiger partial charge is 0.345 e. The molecule has 0 fully saturated rings. The first-order valence-electron chi connectivity index (χ1n) is 8.68. The Morgan fingerprint density at radius 3 is 2.29 bits per heavy atom. The lowest BCUT2D eigenvalue weighted by molar-refractivity contribution is -0.146. The molecular weight excluding hydrogens is 306 g/mol. The van der Waals surface area contributed by atoms with Crippen LogP contribution >= 0.6 is 0 Å². The van der Waals surface area contributed by atoms with Gasteiger partial charge in [0.25, 0.3) is 0 Å². The molecule has 24 heavy (non-hydrogen) atoms. The molecule has 0 saturated heterocycles. The van der Waals surface area contributed by atoms with Crippen LogP contribution in [0.5, 0.6) is 0 Å². The second kappa shape index (κ2) is 8.62. The number of aromatic nitrogens is 1. The maximum Gasteiger partial charge on any atom is 0.345 e. The van der Waals surface area contributed by atoms with Crippen molar-refractivity contribution in [2.24, 2.45) is 0 Å². The molecule has 0 bridgehead atoms. The Morgan fingerprint density at radius 2 is 1.71 bits per heavy atom. The van der Waals surface area contributed by atoms with Crippen molar-refractivity contribution >= 4 is 17.5 Å². The molecule has 1 aliphatic carbocycles. The number of carbonyl (C=O) groups is 2. The molecule has 0 atom stereocenters. The summed E-state index contributed by atoms with van der Waals surface area (Å²) in [6, 6.07) is 3.95. The van der Waals surface area contributed by atoms with Crippen molar-refractivity contribution in [1.29, 1.82) is 0 Å². The van der Waals surface area contributed by atoms with Crippen molar-refractivity contribution in [2.45, 2.75) is 52.9 Å². The van der Waals surface area contributed by atoms with Gasteiger partial charge in [-0.3, -0.25) is 4.98 Å². The van der Waals surface area contributed by atoms with Gasteiger partial charge in [-0.25, -0.2) is 9.59 Å². The van der Waals surface area contributed by atoms with Crippen LogP contribution in [0.25, 0.3) is 5.57 Å². The normalized spacial score (nSPS) is 13.2. The quantitative estimate of drug-likeness (QED) is 0.346. The van der Waals surface area contributed by atoms with Crippen molar-refractivity contribution in [3.63, 3.8) is 0 Å². The van der Waals surface area contributed by atoms with Crippen LogP contribution in [0.1, 0.15) is 57.0 Å². The fourth-order valence-corrected chi connectivity index (χ4v) is 2.97. The zero-order valence-electron chi connectivity index (χ0n) is 14.7. The summed E-state index contributed by atoms with van der Waals surface area (Å²) in [6.07, 6.45) is 4.32. The van der Waals surface area contributed by atoms with Crippen LogP contribution in [0, 0.1) is 0 Å². The van der Waals surface area contributed by atoms with E-state index >= 15 is 0 Å². The Hall–Kier alpha value is -2.17. The number of pyridine rings is 1. The Morgan fingerprint density at radius 1 is 1.04 bits per heavy atom. The standard InChI is InChI=1S/C19H25NO4/c1-4-8-13-11-12-14-15(9-7-10-16(14)20-13)17(18(21)23-5-2)19(22)24-6-3/h11-12H,4-10H2,1-3H3. The third-order valence-electron chi connectivity index (χ3n) is 3.96. The second-order valence-electron chi connectivity index (χ2n) is 5.69. The van der Waals surface area contributed by atoms with Crippen LogP contribution < -0.4 is 0 Å². The highest BCUT2D eigenvalue weighted by Gasteiger charge is 2.29. The van der Waals surface area contributed by atoms with Gasteiger partial charge in [-0.15, -0.1) is 0 Å². The maximum absolute atomic E-state index is 12.3. The number of esters is 2. The summed E-state index contributed by atoms with van der Waals surface area (Å²) in [5.41, 5.74) is 3.59. The molecule has 0 saturated carbocycles. The van der Waals surface area contributed by atoms with Gasteiger partial charge in [-0.05, 0) is 51.2 Å². The van der Waals surface area contributed by atoms with Crippen LogP contribution in [0.4, 0.5) is 0 Å². The van der Waals surface area contributed by atoms with Crippen molar-refractivity contribution in [3.8, 4) is 0 Å². The number of nitrogens with zero attached hydrogens (tertiary/aromatic N) is 1. The first-order chi connectivity index (χ1) is 11.6. The summed E-state index contributed by atoms with van der Waals surface area (Å²) in [5.74, 6) is -1.23. The Bertz CT molecular complexity index is 629. The topological polar surface area (TPSA) is 65.5 Å². The molecule has 1 aliphatic rings. The molecule has 130 valence electrons. The first kappa shape index (κ1) is 18.2. The fourth-order valence-electron chi connectivity index (χ4n) is 2.97. The molecule has 1 aromatic heterocycles. The predicted octanol–water partition coefficient (Wildman–Crippen LogP) is 3.25. The van der Waals surface area contributed by atoms with E-state index in [0.717, 1.165) is 42.6 Å². The van der Waals surface area contributed by atoms with Gasteiger partial charge >= 0.3 is 11.9 Å². The number of ether oxygens (including phenoxy) is 2. The average molecular weight is 331 g/mol. The van der Waals surface area contributed by atoms with Crippen LogP contribution in [0.15, 0.2) is 17.7 Å². The van der Waals surface area contributed by atoms with Gasteiger partial charge in [-0.2, -0.15) is 0 Å². The van der Waals surface area contributed by atoms with Gasteiger partial charge < -0.3 is 9.47 Å². The molecule has 0 N–H and O–H groups in total. The lowest BCUT2D eigenvalue weighted by atomic mass is 9.87. The van der Waals surface area contributed by atoms with E-state index in [4.69, 9.17) is 14.5 Å². The molecular formula is C19H25NO4. The fraction of sp³-hybridized carbons (Fsp3) is 0.526. The van der Waals surface area contributed by atoms with E-state index in [0.29, 0.717) is 12.0 Å². The van der Waals surface area contributed by atoms with Crippen LogP contribution in [0.3, 0.4) is 0 Å². The highest BCUT2D eigenvalue weighted by molar-refractivity contribution is 6.20. The van der Waals surface area contributed by atoms with Crippen molar-refractivity contribution in [2.75, 3.05) is 13.2 Å². The van der Waals surface area contributed by atoms with E-state index < -0.39 is 11.9 Å². The SMILES string of the molecule is CCCc1ccc2c(n1)CCCC2=C(C(=O)OCC)C(=O)OCC. The second-order valence-corrected chi connectivity index (χ2v) is 5.69. The highest BCUT2D eigenvalue weighted by Crippen LogP contribution is 2.33. The van der Waals surface area contributed by atoms with E-state index in [1.54, 1.807) is 13.8 Å². The largest absolute Gasteiger partial charge is 0.462 e. The van der Waals surface area contributed by atoms with Crippen LogP contribution in [0.2, 0.25) is 0 Å². The minimum Gasteiger partial charge on any atom is -0.462 e. The van der Waals surface area contributed by atoms with Crippen molar-refractivity contribution in [3.05, 3.63) is 34.7 Å². The number of hydrogen-bond donors (Lipinski definition) is 0. The van der Waals surface area contributed by atoms with Gasteiger partial charge in [-0.1, -0.05) is 19.4 Å². The van der Waals surface area contributed by atoms with Crippen LogP contribution in [-0.2, 0) is 31.9 Å². The summed E-state index contributed by atoms with van der Waals surface area (Å²) in [6.45, 7) is 5.99. The van der Waals surface area contributed by atoms with Crippen molar-refractivity contribution in [1.82, 2.24) is 4.98 Å².